The molecule has 1 heteroatoms. The molecule has 0 aromatic heterocycles. The first-order valence-electron chi connectivity index (χ1n) is 17.7. The third kappa shape index (κ3) is 7.75. The highest BCUT2D eigenvalue weighted by Crippen LogP contribution is 2.47. The van der Waals surface area contributed by atoms with E-state index in [0.717, 1.165) is 31.3 Å². The summed E-state index contributed by atoms with van der Waals surface area (Å²) in [4.78, 5) is 14.0. The average Bonchev–Trinajstić information content (AvgIpc) is 3.66. The molecule has 0 amide bonds. The lowest BCUT2D eigenvalue weighted by Crippen LogP contribution is -2.34. The Labute approximate surface area is 271 Å². The molecule has 0 saturated carbocycles. The minimum Gasteiger partial charge on any atom is -0.294 e. The van der Waals surface area contributed by atoms with Gasteiger partial charge in [0, 0.05) is 17.9 Å². The zero-order valence-electron chi connectivity index (χ0n) is 30.3. The Morgan fingerprint density at radius 1 is 0.886 bits per heavy atom. The Bertz CT molecular complexity index is 1370. The summed E-state index contributed by atoms with van der Waals surface area (Å²) >= 11 is 0. The van der Waals surface area contributed by atoms with Crippen LogP contribution in [0.25, 0.3) is 0 Å². The summed E-state index contributed by atoms with van der Waals surface area (Å²) < 4.78 is 0. The Balaban J connectivity index is 0.00000127. The minimum absolute atomic E-state index is 0.186. The Morgan fingerprint density at radius 2 is 1.48 bits per heavy atom. The highest BCUT2D eigenvalue weighted by atomic mass is 16.1. The second-order valence-electron chi connectivity index (χ2n) is 14.4. The number of Topliss-reactive ketones (excluding diaryl/α,β-unsaturated/α-hetero) is 1. The van der Waals surface area contributed by atoms with Crippen LogP contribution in [-0.2, 0) is 22.0 Å². The van der Waals surface area contributed by atoms with Crippen LogP contribution in [0.2, 0.25) is 0 Å². The zero-order chi connectivity index (χ0) is 32.8. The molecule has 0 N–H and O–H groups in total. The number of benzene rings is 1. The van der Waals surface area contributed by atoms with Crippen molar-refractivity contribution in [2.45, 2.75) is 139 Å². The number of allylic oxidation sites excluding steroid dienone is 12. The lowest BCUT2D eigenvalue weighted by atomic mass is 9.62. The molecule has 0 spiro atoms. The van der Waals surface area contributed by atoms with Crippen molar-refractivity contribution in [1.82, 2.24) is 0 Å². The molecule has 0 radical (unpaired) electrons. The number of aryl methyl sites for hydroxylation is 1. The van der Waals surface area contributed by atoms with Crippen LogP contribution >= 0.6 is 0 Å². The smallest absolute Gasteiger partial charge is 0.163 e. The zero-order valence-corrected chi connectivity index (χ0v) is 30.3. The van der Waals surface area contributed by atoms with Gasteiger partial charge in [-0.3, -0.25) is 4.79 Å². The van der Waals surface area contributed by atoms with Gasteiger partial charge in [-0.25, -0.2) is 0 Å². The number of hydrogen-bond donors (Lipinski definition) is 0. The quantitative estimate of drug-likeness (QED) is 0.292. The van der Waals surface area contributed by atoms with Crippen molar-refractivity contribution in [1.29, 1.82) is 0 Å². The molecule has 1 nitrogen and oxygen atoms in total. The molecule has 2 unspecified atom stereocenters. The first-order chi connectivity index (χ1) is 20.9. The highest BCUT2D eigenvalue weighted by molar-refractivity contribution is 5.99. The highest BCUT2D eigenvalue weighted by Gasteiger charge is 2.38. The average molecular weight is 595 g/mol. The van der Waals surface area contributed by atoms with Crippen LogP contribution < -0.4 is 0 Å². The number of hydrogen-bond acceptors (Lipinski definition) is 1. The van der Waals surface area contributed by atoms with E-state index >= 15 is 0 Å². The van der Waals surface area contributed by atoms with Crippen molar-refractivity contribution < 1.29 is 4.79 Å². The van der Waals surface area contributed by atoms with Crippen LogP contribution in [-0.4, -0.2) is 5.78 Å². The molecule has 1 aromatic carbocycles. The third-order valence-electron chi connectivity index (χ3n) is 10.6. The number of carbonyl (C=O) groups is 1. The summed E-state index contributed by atoms with van der Waals surface area (Å²) in [7, 11) is 0. The molecule has 0 heterocycles. The summed E-state index contributed by atoms with van der Waals surface area (Å²) in [5.74, 6) is 1.35. The molecular weight excluding hydrogens is 532 g/mol. The molecule has 0 aliphatic heterocycles. The van der Waals surface area contributed by atoms with E-state index in [-0.39, 0.29) is 16.7 Å². The van der Waals surface area contributed by atoms with Crippen molar-refractivity contribution in [3.05, 3.63) is 105 Å². The molecule has 44 heavy (non-hydrogen) atoms. The molecule has 240 valence electrons. The maximum Gasteiger partial charge on any atom is 0.163 e. The van der Waals surface area contributed by atoms with E-state index in [0.29, 0.717) is 24.0 Å². The summed E-state index contributed by atoms with van der Waals surface area (Å²) in [6.45, 7) is 26.7. The van der Waals surface area contributed by atoms with E-state index in [1.165, 1.54) is 57.4 Å². The maximum atomic E-state index is 14.0. The SMILES string of the molecule is CC.CC.CCC1=CC(C)=C(CC(=O)C2=CC=C(Cc3cc4c(cc3C)C(C)(C)CCC4(C)C)C2CC2C=CC=C2)C(C)C1. The summed E-state index contributed by atoms with van der Waals surface area (Å²) in [6, 6.07) is 5.00. The van der Waals surface area contributed by atoms with Crippen molar-refractivity contribution in [2.24, 2.45) is 17.8 Å². The number of ketones is 1. The summed E-state index contributed by atoms with van der Waals surface area (Å²) in [5.41, 5.74) is 12.9. The van der Waals surface area contributed by atoms with Crippen LogP contribution in [0, 0.1) is 24.7 Å². The van der Waals surface area contributed by atoms with Crippen LogP contribution in [0.3, 0.4) is 0 Å². The Hall–Kier alpha value is -2.67. The van der Waals surface area contributed by atoms with Gasteiger partial charge >= 0.3 is 0 Å². The first kappa shape index (κ1) is 35.8. The van der Waals surface area contributed by atoms with E-state index in [4.69, 9.17) is 0 Å². The monoisotopic (exact) mass is 594 g/mol. The second-order valence-corrected chi connectivity index (χ2v) is 14.4. The van der Waals surface area contributed by atoms with E-state index in [1.54, 1.807) is 0 Å². The number of carbonyl (C=O) groups excluding carboxylic acids is 1. The number of fused-ring (bicyclic) bond motifs is 1. The van der Waals surface area contributed by atoms with Crippen molar-refractivity contribution in [3.8, 4) is 0 Å². The maximum absolute atomic E-state index is 14.0. The van der Waals surface area contributed by atoms with E-state index in [1.807, 2.05) is 27.7 Å². The molecule has 4 aliphatic carbocycles. The second kappa shape index (κ2) is 15.1. The minimum atomic E-state index is 0.186. The lowest BCUT2D eigenvalue weighted by Gasteiger charge is -2.42. The van der Waals surface area contributed by atoms with Gasteiger partial charge in [-0.2, -0.15) is 0 Å². The first-order valence-corrected chi connectivity index (χ1v) is 17.7. The van der Waals surface area contributed by atoms with Crippen LogP contribution in [0.4, 0.5) is 0 Å². The van der Waals surface area contributed by atoms with Crippen LogP contribution in [0.5, 0.6) is 0 Å². The molecule has 0 saturated heterocycles. The van der Waals surface area contributed by atoms with Crippen LogP contribution in [0.1, 0.15) is 137 Å². The Morgan fingerprint density at radius 3 is 2.05 bits per heavy atom. The fourth-order valence-electron chi connectivity index (χ4n) is 7.66. The molecule has 0 bridgehead atoms. The molecule has 4 aliphatic rings. The summed E-state index contributed by atoms with van der Waals surface area (Å²) in [5, 5.41) is 0. The number of rotatable bonds is 8. The van der Waals surface area contributed by atoms with Gasteiger partial charge < -0.3 is 0 Å². The molecule has 2 atom stereocenters. The standard InChI is InChI=1S/C39H50O.2C2H6/c1-9-28-18-26(3)33(27(4)19-28)24-37(40)32-15-14-30(34(32)21-29-12-10-11-13-29)22-31-23-36-35(20-25(31)2)38(5,6)16-17-39(36,7)8;2*1-2/h10-15,18,20,23,27,29,34H,9,16-17,19,21-22,24H2,1-8H3;2*1-2H3. The topological polar surface area (TPSA) is 17.1 Å². The van der Waals surface area contributed by atoms with Crippen molar-refractivity contribution >= 4 is 5.78 Å². The largest absolute Gasteiger partial charge is 0.294 e. The van der Waals surface area contributed by atoms with Crippen molar-refractivity contribution in [3.63, 3.8) is 0 Å². The molecule has 5 rings (SSSR count). The fourth-order valence-corrected chi connectivity index (χ4v) is 7.66. The Kier molecular flexibility index (Phi) is 12.3. The summed E-state index contributed by atoms with van der Waals surface area (Å²) in [6.07, 6.45) is 22.8. The van der Waals surface area contributed by atoms with Gasteiger partial charge in [0.15, 0.2) is 5.78 Å². The van der Waals surface area contributed by atoms with E-state index in [9.17, 15) is 4.79 Å². The van der Waals surface area contributed by atoms with Crippen LogP contribution in [0.15, 0.2) is 82.5 Å². The third-order valence-corrected chi connectivity index (χ3v) is 10.6. The molecule has 1 aromatic rings. The van der Waals surface area contributed by atoms with Gasteiger partial charge in [0.05, 0.1) is 0 Å². The predicted molar refractivity (Wildman–Crippen MR) is 193 cm³/mol. The predicted octanol–water partition coefficient (Wildman–Crippen LogP) is 12.2. The normalized spacial score (nSPS) is 23.1. The van der Waals surface area contributed by atoms with E-state index in [2.05, 4.69) is 110 Å². The van der Waals surface area contributed by atoms with Crippen molar-refractivity contribution in [2.75, 3.05) is 0 Å². The fraction of sp³-hybridized carbons (Fsp3) is 0.558. The van der Waals surface area contributed by atoms with Gasteiger partial charge in [-0.15, -0.1) is 0 Å². The van der Waals surface area contributed by atoms with Gasteiger partial charge in [0.2, 0.25) is 0 Å². The van der Waals surface area contributed by atoms with Gasteiger partial charge in [0.25, 0.3) is 0 Å². The molecule has 0 fully saturated rings. The van der Waals surface area contributed by atoms with Gasteiger partial charge in [0.1, 0.15) is 0 Å². The van der Waals surface area contributed by atoms with E-state index < -0.39 is 0 Å². The van der Waals surface area contributed by atoms with Gasteiger partial charge in [-0.1, -0.05) is 146 Å². The lowest BCUT2D eigenvalue weighted by molar-refractivity contribution is -0.115. The van der Waals surface area contributed by atoms with Gasteiger partial charge in [-0.05, 0) is 97.3 Å². The molecular formula is C43H62O.